The first kappa shape index (κ1) is 21.6. The van der Waals surface area contributed by atoms with Crippen molar-refractivity contribution < 1.29 is 9.53 Å². The predicted molar refractivity (Wildman–Crippen MR) is 127 cm³/mol. The minimum Gasteiger partial charge on any atom is -0.489 e. The zero-order valence-corrected chi connectivity index (χ0v) is 19.4. The van der Waals surface area contributed by atoms with Crippen LogP contribution in [0.5, 0.6) is 5.75 Å². The molecule has 4 rings (SSSR count). The summed E-state index contributed by atoms with van der Waals surface area (Å²) in [6, 6.07) is 16.7. The van der Waals surface area contributed by atoms with Gasteiger partial charge in [0.05, 0.1) is 4.88 Å². The molecule has 0 saturated carbocycles. The topological polar surface area (TPSA) is 32.8 Å². The van der Waals surface area contributed by atoms with Crippen molar-refractivity contribution in [1.29, 1.82) is 0 Å². The van der Waals surface area contributed by atoms with Crippen molar-refractivity contribution in [2.45, 2.75) is 33.9 Å². The maximum atomic E-state index is 13.0. The third-order valence-electron chi connectivity index (χ3n) is 5.96. The fourth-order valence-corrected chi connectivity index (χ4v) is 4.80. The monoisotopic (exact) mass is 434 g/mol. The van der Waals surface area contributed by atoms with Crippen LogP contribution in [-0.2, 0) is 13.2 Å². The van der Waals surface area contributed by atoms with Crippen molar-refractivity contribution in [1.82, 2.24) is 9.80 Å². The summed E-state index contributed by atoms with van der Waals surface area (Å²) in [4.78, 5) is 18.2. The number of carbonyl (C=O) groups is 1. The van der Waals surface area contributed by atoms with Crippen LogP contribution in [0.15, 0.2) is 53.9 Å². The Bertz CT molecular complexity index is 1050. The molecule has 1 aliphatic heterocycles. The lowest BCUT2D eigenvalue weighted by molar-refractivity contribution is 0.0633. The molecule has 0 aliphatic carbocycles. The van der Waals surface area contributed by atoms with E-state index in [9.17, 15) is 4.79 Å². The highest BCUT2D eigenvalue weighted by Gasteiger charge is 2.23. The molecule has 31 heavy (non-hydrogen) atoms. The summed E-state index contributed by atoms with van der Waals surface area (Å²) < 4.78 is 6.00. The molecule has 5 heteroatoms. The first-order valence-corrected chi connectivity index (χ1v) is 11.7. The van der Waals surface area contributed by atoms with Gasteiger partial charge in [0.15, 0.2) is 0 Å². The molecule has 0 N–H and O–H groups in total. The summed E-state index contributed by atoms with van der Waals surface area (Å²) in [5, 5.41) is 2.03. The van der Waals surface area contributed by atoms with Gasteiger partial charge in [-0.15, -0.1) is 11.3 Å². The van der Waals surface area contributed by atoms with Gasteiger partial charge in [-0.25, -0.2) is 0 Å². The molecule has 1 fully saturated rings. The summed E-state index contributed by atoms with van der Waals surface area (Å²) in [6.07, 6.45) is 0. The second-order valence-corrected chi connectivity index (χ2v) is 9.27. The van der Waals surface area contributed by atoms with Crippen LogP contribution < -0.4 is 4.74 Å². The lowest BCUT2D eigenvalue weighted by Gasteiger charge is -2.34. The molecule has 0 radical (unpaired) electrons. The van der Waals surface area contributed by atoms with Gasteiger partial charge in [0.2, 0.25) is 0 Å². The summed E-state index contributed by atoms with van der Waals surface area (Å²) in [5.41, 5.74) is 6.07. The van der Waals surface area contributed by atoms with Crippen LogP contribution in [0.1, 0.15) is 37.5 Å². The summed E-state index contributed by atoms with van der Waals surface area (Å²) in [7, 11) is 0. The van der Waals surface area contributed by atoms with Gasteiger partial charge in [-0.05, 0) is 55.0 Å². The number of hydrogen-bond acceptors (Lipinski definition) is 4. The van der Waals surface area contributed by atoms with Crippen molar-refractivity contribution in [3.63, 3.8) is 0 Å². The fraction of sp³-hybridized carbons (Fsp3) is 0.346. The molecule has 2 aromatic carbocycles. The highest BCUT2D eigenvalue weighted by atomic mass is 32.1. The number of benzene rings is 2. The second kappa shape index (κ2) is 9.67. The summed E-state index contributed by atoms with van der Waals surface area (Å²) in [6.45, 7) is 11.1. The number of piperazine rings is 1. The Morgan fingerprint density at radius 1 is 0.968 bits per heavy atom. The lowest BCUT2D eigenvalue weighted by atomic mass is 10.1. The van der Waals surface area contributed by atoms with Crippen molar-refractivity contribution in [3.8, 4) is 5.75 Å². The van der Waals surface area contributed by atoms with Crippen LogP contribution >= 0.6 is 11.3 Å². The normalized spacial score (nSPS) is 14.6. The Balaban J connectivity index is 1.29. The zero-order chi connectivity index (χ0) is 21.8. The molecule has 162 valence electrons. The number of aryl methyl sites for hydroxylation is 2. The molecule has 3 aromatic rings. The Hall–Kier alpha value is -2.63. The van der Waals surface area contributed by atoms with Gasteiger partial charge in [-0.3, -0.25) is 9.69 Å². The van der Waals surface area contributed by atoms with Crippen molar-refractivity contribution >= 4 is 17.2 Å². The van der Waals surface area contributed by atoms with Gasteiger partial charge < -0.3 is 9.64 Å². The number of rotatable bonds is 6. The van der Waals surface area contributed by atoms with Gasteiger partial charge in [0, 0.05) is 38.3 Å². The van der Waals surface area contributed by atoms with Gasteiger partial charge in [0.1, 0.15) is 12.4 Å². The van der Waals surface area contributed by atoms with Crippen LogP contribution in [0.4, 0.5) is 0 Å². The third kappa shape index (κ3) is 5.35. The number of thiophene rings is 1. The standard InChI is InChI=1S/C26H30N2O2S/c1-19-6-4-8-22(14-19)16-27-10-12-28(13-11-27)26(29)25-15-23(18-31-25)17-30-24-9-5-7-20(2)21(24)3/h4-9,14-15,18H,10-13,16-17H2,1-3H3. The van der Waals surface area contributed by atoms with Crippen LogP contribution in [0, 0.1) is 20.8 Å². The quantitative estimate of drug-likeness (QED) is 0.534. The average molecular weight is 435 g/mol. The van der Waals surface area contributed by atoms with Crippen LogP contribution in [0.25, 0.3) is 0 Å². The number of nitrogens with zero attached hydrogens (tertiary/aromatic N) is 2. The van der Waals surface area contributed by atoms with E-state index < -0.39 is 0 Å². The van der Waals surface area contributed by atoms with Gasteiger partial charge in [-0.2, -0.15) is 0 Å². The molecule has 0 unspecified atom stereocenters. The van der Waals surface area contributed by atoms with E-state index >= 15 is 0 Å². The van der Waals surface area contributed by atoms with E-state index in [2.05, 4.69) is 56.0 Å². The largest absolute Gasteiger partial charge is 0.489 e. The van der Waals surface area contributed by atoms with E-state index in [4.69, 9.17) is 4.74 Å². The van der Waals surface area contributed by atoms with E-state index in [0.29, 0.717) is 6.61 Å². The number of ether oxygens (including phenoxy) is 1. The summed E-state index contributed by atoms with van der Waals surface area (Å²) in [5.74, 6) is 1.04. The van der Waals surface area contributed by atoms with E-state index in [-0.39, 0.29) is 5.91 Å². The molecule has 0 bridgehead atoms. The Morgan fingerprint density at radius 2 is 1.74 bits per heavy atom. The van der Waals surface area contributed by atoms with Crippen molar-refractivity contribution in [3.05, 3.63) is 86.6 Å². The number of hydrogen-bond donors (Lipinski definition) is 0. The van der Waals surface area contributed by atoms with E-state index in [1.165, 1.54) is 28.0 Å². The Morgan fingerprint density at radius 3 is 2.52 bits per heavy atom. The van der Waals surface area contributed by atoms with E-state index in [1.54, 1.807) is 0 Å². The molecule has 4 nitrogen and oxygen atoms in total. The molecule has 0 spiro atoms. The van der Waals surface area contributed by atoms with Crippen LogP contribution in [0.3, 0.4) is 0 Å². The summed E-state index contributed by atoms with van der Waals surface area (Å²) >= 11 is 1.51. The lowest BCUT2D eigenvalue weighted by Crippen LogP contribution is -2.48. The maximum Gasteiger partial charge on any atom is 0.264 e. The van der Waals surface area contributed by atoms with Gasteiger partial charge >= 0.3 is 0 Å². The van der Waals surface area contributed by atoms with Crippen LogP contribution in [-0.4, -0.2) is 41.9 Å². The molecule has 1 aliphatic rings. The fourth-order valence-electron chi connectivity index (χ4n) is 3.94. The highest BCUT2D eigenvalue weighted by molar-refractivity contribution is 7.12. The predicted octanol–water partition coefficient (Wildman–Crippen LogP) is 5.21. The van der Waals surface area contributed by atoms with E-state index in [0.717, 1.165) is 54.5 Å². The first-order chi connectivity index (χ1) is 15.0. The molecule has 1 aromatic heterocycles. The van der Waals surface area contributed by atoms with Crippen molar-refractivity contribution in [2.24, 2.45) is 0 Å². The molecule has 1 saturated heterocycles. The maximum absolute atomic E-state index is 13.0. The highest BCUT2D eigenvalue weighted by Crippen LogP contribution is 2.24. The second-order valence-electron chi connectivity index (χ2n) is 8.36. The smallest absolute Gasteiger partial charge is 0.264 e. The third-order valence-corrected chi connectivity index (χ3v) is 6.93. The average Bonchev–Trinajstić information content (AvgIpc) is 3.24. The van der Waals surface area contributed by atoms with Crippen LogP contribution in [0.2, 0.25) is 0 Å². The zero-order valence-electron chi connectivity index (χ0n) is 18.6. The van der Waals surface area contributed by atoms with Gasteiger partial charge in [0.25, 0.3) is 5.91 Å². The molecular weight excluding hydrogens is 404 g/mol. The van der Waals surface area contributed by atoms with Crippen molar-refractivity contribution in [2.75, 3.05) is 26.2 Å². The van der Waals surface area contributed by atoms with E-state index in [1.807, 2.05) is 28.5 Å². The minimum absolute atomic E-state index is 0.137. The van der Waals surface area contributed by atoms with Gasteiger partial charge in [-0.1, -0.05) is 42.0 Å². The molecule has 0 atom stereocenters. The number of amides is 1. The molecule has 2 heterocycles. The SMILES string of the molecule is Cc1cccc(CN2CCN(C(=O)c3cc(COc4cccc(C)c4C)cs3)CC2)c1. The Labute approximate surface area is 189 Å². The molecular formula is C26H30N2O2S. The Kier molecular flexibility index (Phi) is 6.73. The minimum atomic E-state index is 0.137. The first-order valence-electron chi connectivity index (χ1n) is 10.8. The number of carbonyl (C=O) groups excluding carboxylic acids is 1. The molecule has 1 amide bonds.